The first-order valence-electron chi connectivity index (χ1n) is 50.7. The molecule has 43 nitrogen and oxygen atoms in total. The lowest BCUT2D eigenvalue weighted by molar-refractivity contribution is 0.0446. The van der Waals surface area contributed by atoms with Gasteiger partial charge >= 0.3 is 0 Å². The van der Waals surface area contributed by atoms with Crippen LogP contribution in [0.5, 0.6) is 0 Å². The van der Waals surface area contributed by atoms with Gasteiger partial charge in [0.1, 0.15) is 66.8 Å². The second-order valence-electron chi connectivity index (χ2n) is 38.9. The molecule has 0 aromatic carbocycles. The molecule has 8 saturated heterocycles. The number of aliphatic hydroxyl groups is 1. The predicted octanol–water partition coefficient (Wildman–Crippen LogP) is 8.38. The molecule has 18 rings (SSSR count). The van der Waals surface area contributed by atoms with Crippen molar-refractivity contribution in [2.45, 2.75) is 217 Å². The number of aliphatic hydroxyl groups excluding tert-OH is 1. The Morgan fingerprint density at radius 1 is 0.365 bits per heavy atom. The maximum absolute atomic E-state index is 13.0. The van der Waals surface area contributed by atoms with Gasteiger partial charge in [-0.2, -0.15) is 0 Å². The summed E-state index contributed by atoms with van der Waals surface area (Å²) in [5.41, 5.74) is 43.6. The fraction of sp³-hybridized carbons (Fsp3) is 0.551. The number of primary amides is 1. The van der Waals surface area contributed by atoms with E-state index in [1.165, 1.54) is 12.4 Å². The van der Waals surface area contributed by atoms with Crippen molar-refractivity contribution in [2.75, 3.05) is 179 Å². The molecule has 7 atom stereocenters. The number of nitrogens with zero attached hydrogens (tertiary/aromatic N) is 24. The van der Waals surface area contributed by atoms with Gasteiger partial charge in [0.15, 0.2) is 44.4 Å². The number of likely N-dealkylation sites (tertiary alicyclic amines) is 4. The molecule has 0 spiro atoms. The van der Waals surface area contributed by atoms with Crippen LogP contribution < -0.4 is 75.7 Å². The van der Waals surface area contributed by atoms with Crippen molar-refractivity contribution < 1.29 is 43.5 Å². The van der Waals surface area contributed by atoms with E-state index in [1.807, 2.05) is 26.5 Å². The highest BCUT2D eigenvalue weighted by molar-refractivity contribution is 6.33. The minimum absolute atomic E-state index is 0.00903. The molecular formula is C98H131Cl7N34O9. The van der Waals surface area contributed by atoms with E-state index < -0.39 is 30.0 Å². The molecule has 10 aliphatic rings. The van der Waals surface area contributed by atoms with Gasteiger partial charge in [-0.15, -0.1) is 0 Å². The van der Waals surface area contributed by atoms with E-state index in [0.717, 1.165) is 167 Å². The van der Waals surface area contributed by atoms with Gasteiger partial charge in [-0.25, -0.2) is 59.8 Å². The van der Waals surface area contributed by atoms with E-state index in [0.29, 0.717) is 172 Å². The average molecular weight is 2180 g/mol. The van der Waals surface area contributed by atoms with Crippen LogP contribution in [0, 0.1) is 6.92 Å². The Morgan fingerprint density at radius 2 is 0.682 bits per heavy atom. The van der Waals surface area contributed by atoms with Crippen molar-refractivity contribution in [1.29, 1.82) is 0 Å². The summed E-state index contributed by atoms with van der Waals surface area (Å²) in [4.78, 5) is 178. The van der Waals surface area contributed by atoms with E-state index >= 15 is 0 Å². The standard InChI is InChI=1S/C26H35Cl2N9O3.C26H35ClN8O2.C24H33Cl2N9O2.C22H28Cl2N8O2/c1-2-14-13-36(24-21(28)33-20(23(30)34-24)25(39)31-17-4-5-18(17)38)11-12-37(14)15-7-9-35(10-8-15)26(40)16-3-6-19(27)32-22(16)29;1-3-18-15-34(24-16(2)30-21(14-29-24)25(36)31-17-4-5-17)12-13-35(18)19-8-10-33(11-9-19)26(37)20-6-7-22(27)32-23(20)28;1-3-15-13-34(22-20(26)31-18(12-29-22)23(36)30-14(2)27)10-11-35(15)16-6-8-33(9-7-16)24(37)17-4-5-19(25)32-21(17)28;1-2-13-12-31(21-18(24)28-16(11-27-21)20(26)33)9-10-32(13)14-5-7-30(8-6-14)22(34)15-3-4-17(23)29-19(15)25/h3,6,14-15,17-18,38H,2,4-5,7-13H2,1H3,(H2,29,32)(H2,30,34)(H,31,39);6-7,14,17-19H,3-5,8-13,15H2,1-2H3,(H2,28,32)(H,31,36);4-5,12,14-16H,3,6-11,13,27H2,1-2H3,(H2,28,32)(H,30,36);3-4,11,13-14H,2,5-10,12H2,1H3,(H2,25,29)(H2,26,33)/t14-,17+,18-;18-;14?,15-;13-/m0000/s1. The number of hydrogen-bond donors (Lipinski definition) is 11. The fourth-order valence-corrected chi connectivity index (χ4v) is 22.5. The molecule has 796 valence electrons. The first-order valence-corrected chi connectivity index (χ1v) is 53.4. The number of hydrogen-bond acceptors (Lipinski definition) is 35. The molecule has 10 fully saturated rings. The third-order valence-electron chi connectivity index (χ3n) is 29.5. The van der Waals surface area contributed by atoms with E-state index in [4.69, 9.17) is 121 Å². The van der Waals surface area contributed by atoms with E-state index in [9.17, 15) is 43.5 Å². The van der Waals surface area contributed by atoms with Crippen molar-refractivity contribution in [1.82, 2.24) is 115 Å². The minimum Gasteiger partial charge on any atom is -0.391 e. The molecule has 2 aliphatic carbocycles. The van der Waals surface area contributed by atoms with Crippen molar-refractivity contribution in [2.24, 2.45) is 11.5 Å². The molecule has 16 heterocycles. The molecule has 50 heteroatoms. The summed E-state index contributed by atoms with van der Waals surface area (Å²) in [6, 6.07) is 15.7. The van der Waals surface area contributed by atoms with Gasteiger partial charge in [0.05, 0.1) is 64.8 Å². The Balaban J connectivity index is 0.000000148. The molecule has 8 aromatic rings. The number of piperidine rings is 4. The number of aryl methyl sites for hydroxylation is 1. The number of carbonyl (C=O) groups is 8. The van der Waals surface area contributed by atoms with Crippen molar-refractivity contribution in [3.63, 3.8) is 0 Å². The number of rotatable bonds is 23. The molecule has 2 saturated carbocycles. The zero-order valence-electron chi connectivity index (χ0n) is 83.9. The highest BCUT2D eigenvalue weighted by atomic mass is 35.5. The summed E-state index contributed by atoms with van der Waals surface area (Å²) in [7, 11) is 0. The normalized spacial score (nSPS) is 21.4. The van der Waals surface area contributed by atoms with Crippen molar-refractivity contribution in [3.8, 4) is 0 Å². The molecule has 8 amide bonds. The summed E-state index contributed by atoms with van der Waals surface area (Å²) in [5, 5.41) is 19.7. The molecule has 8 aliphatic heterocycles. The number of carbonyl (C=O) groups excluding carboxylic acids is 8. The number of halogens is 7. The summed E-state index contributed by atoms with van der Waals surface area (Å²) >= 11 is 42.8. The molecule has 0 radical (unpaired) electrons. The van der Waals surface area contributed by atoms with Crippen LogP contribution in [0.15, 0.2) is 67.1 Å². The highest BCUT2D eigenvalue weighted by Crippen LogP contribution is 2.38. The number of nitrogens with one attached hydrogen (secondary N) is 3. The summed E-state index contributed by atoms with van der Waals surface area (Å²) in [6.07, 6.45) is 17.8. The molecular weight excluding hydrogens is 2050 g/mol. The van der Waals surface area contributed by atoms with Crippen LogP contribution in [0.3, 0.4) is 0 Å². The Bertz CT molecular complexity index is 5930. The fourth-order valence-electron chi connectivity index (χ4n) is 21.1. The number of aromatic nitrogens is 12. The van der Waals surface area contributed by atoms with Gasteiger partial charge in [-0.1, -0.05) is 109 Å². The lowest BCUT2D eigenvalue weighted by atomic mass is 9.89. The second kappa shape index (κ2) is 50.1. The largest absolute Gasteiger partial charge is 0.391 e. The van der Waals surface area contributed by atoms with Crippen LogP contribution in [0.4, 0.5) is 52.4 Å². The smallest absolute Gasteiger partial charge is 0.274 e. The maximum Gasteiger partial charge on any atom is 0.274 e. The van der Waals surface area contributed by atoms with Crippen molar-refractivity contribution >= 4 is 181 Å². The number of piperazine rings is 4. The first kappa shape index (κ1) is 111. The quantitative estimate of drug-likeness (QED) is 0.0211. The molecule has 148 heavy (non-hydrogen) atoms. The van der Waals surface area contributed by atoms with Crippen LogP contribution in [-0.2, 0) is 0 Å². The molecule has 8 aromatic heterocycles. The average Bonchev–Trinajstić information content (AvgIpc) is 0.821. The topological polar surface area (TPSA) is 569 Å². The molecule has 1 unspecified atom stereocenters. The maximum atomic E-state index is 13.0. The third kappa shape index (κ3) is 26.8. The SMILES string of the molecule is CC[C@H]1CN(c2nc(N)c(C(=O)N[C@@H]3CC[C@@H]3O)nc2Cl)CCN1C1CCN(C(=O)c2ccc(Cl)nc2N)CC1.CC[C@H]1CN(c2ncc(C(=O)NC(C)N)nc2Cl)CCN1C1CCN(C(=O)c2ccc(Cl)nc2N)CC1.CC[C@H]1CN(c2ncc(C(=O)NC3CC3)nc2C)CCN1C1CCN(C(=O)c2ccc(Cl)nc2N)CC1.CC[C@H]1CN(c2ncc(C(N)=O)nc2Cl)CCN1C1CCN(C(=O)c2ccc(Cl)nc2N)CC1. The van der Waals surface area contributed by atoms with Gasteiger partial charge in [0.25, 0.3) is 47.3 Å². The number of nitrogens with two attached hydrogens (primary N) is 7. The van der Waals surface area contributed by atoms with Crippen LogP contribution >= 0.6 is 81.2 Å². The van der Waals surface area contributed by atoms with E-state index in [1.54, 1.807) is 61.7 Å². The van der Waals surface area contributed by atoms with Gasteiger partial charge in [0, 0.05) is 185 Å². The van der Waals surface area contributed by atoms with Crippen LogP contribution in [0.2, 0.25) is 36.1 Å². The van der Waals surface area contributed by atoms with Gasteiger partial charge in [-0.3, -0.25) is 58.0 Å². The van der Waals surface area contributed by atoms with Gasteiger partial charge in [0.2, 0.25) is 0 Å². The number of pyridine rings is 4. The molecule has 0 bridgehead atoms. The lowest BCUT2D eigenvalue weighted by Gasteiger charge is -2.47. The van der Waals surface area contributed by atoms with E-state index in [2.05, 4.69) is 143 Å². The molecule has 18 N–H and O–H groups in total. The van der Waals surface area contributed by atoms with Crippen LogP contribution in [0.1, 0.15) is 226 Å². The first-order chi connectivity index (χ1) is 70.9. The predicted molar refractivity (Wildman–Crippen MR) is 571 cm³/mol. The second-order valence-corrected chi connectivity index (χ2v) is 41.5. The van der Waals surface area contributed by atoms with Gasteiger partial charge < -0.3 is 100 Å². The lowest BCUT2D eigenvalue weighted by Crippen LogP contribution is -2.59. The van der Waals surface area contributed by atoms with E-state index in [-0.39, 0.29) is 124 Å². The van der Waals surface area contributed by atoms with Crippen molar-refractivity contribution in [3.05, 3.63) is 154 Å². The highest BCUT2D eigenvalue weighted by Gasteiger charge is 2.43. The Hall–Kier alpha value is -11.3. The Morgan fingerprint density at radius 3 is 0.980 bits per heavy atom. The van der Waals surface area contributed by atoms with Crippen LogP contribution in [0.25, 0.3) is 0 Å². The monoisotopic (exact) mass is 2170 g/mol. The summed E-state index contributed by atoms with van der Waals surface area (Å²) in [6.45, 7) is 27.1. The number of nitrogen functional groups attached to an aromatic ring is 5. The Labute approximate surface area is 894 Å². The number of amides is 8. The number of anilines is 9. The minimum atomic E-state index is -0.656. The zero-order valence-corrected chi connectivity index (χ0v) is 89.2. The third-order valence-corrected chi connectivity index (χ3v) is 31.1. The Kier molecular flexibility index (Phi) is 37.5. The summed E-state index contributed by atoms with van der Waals surface area (Å²) in [5.74, 6) is 1.01. The zero-order chi connectivity index (χ0) is 106. The van der Waals surface area contributed by atoms with Gasteiger partial charge in [-0.05, 0) is 165 Å². The summed E-state index contributed by atoms with van der Waals surface area (Å²) < 4.78 is 0. The van der Waals surface area contributed by atoms with Crippen LogP contribution in [-0.4, -0.2) is 355 Å².